The number of amides is 2. The van der Waals surface area contributed by atoms with Gasteiger partial charge in [-0.25, -0.2) is 14.5 Å². The van der Waals surface area contributed by atoms with Crippen LogP contribution in [0, 0.1) is 0 Å². The van der Waals surface area contributed by atoms with Crippen LogP contribution in [0.3, 0.4) is 0 Å². The number of nitrogens with zero attached hydrogens (tertiary/aromatic N) is 3. The minimum atomic E-state index is -0.523. The van der Waals surface area contributed by atoms with Crippen molar-refractivity contribution in [3.8, 4) is 5.69 Å². The van der Waals surface area contributed by atoms with Gasteiger partial charge in [-0.15, -0.1) is 0 Å². The standard InChI is InChI=1S/C18H25N5O3/c1-18(2,3)26-17(25)20-10-4-5-16(24)21-11-14-6-8-15(9-7-14)23-13-19-12-22-23/h6-9,12-13H,4-5,10-11H2,1-3H3,(H,20,25)(H,21,24). The first kappa shape index (κ1) is 19.4. The van der Waals surface area contributed by atoms with E-state index in [2.05, 4.69) is 20.7 Å². The van der Waals surface area contributed by atoms with E-state index in [0.29, 0.717) is 25.9 Å². The molecule has 0 atom stereocenters. The molecule has 140 valence electrons. The number of rotatable bonds is 7. The van der Waals surface area contributed by atoms with Crippen LogP contribution in [0.4, 0.5) is 4.79 Å². The third kappa shape index (κ3) is 6.92. The second kappa shape index (κ2) is 8.98. The lowest BCUT2D eigenvalue weighted by atomic mass is 10.2. The Labute approximate surface area is 153 Å². The first-order valence-electron chi connectivity index (χ1n) is 8.51. The van der Waals surface area contributed by atoms with Gasteiger partial charge in [0.05, 0.1) is 5.69 Å². The Morgan fingerprint density at radius 3 is 2.50 bits per heavy atom. The molecule has 1 aromatic heterocycles. The highest BCUT2D eigenvalue weighted by atomic mass is 16.6. The number of carbonyl (C=O) groups excluding carboxylic acids is 2. The summed E-state index contributed by atoms with van der Waals surface area (Å²) in [6, 6.07) is 7.70. The van der Waals surface area contributed by atoms with E-state index in [1.807, 2.05) is 24.3 Å². The summed E-state index contributed by atoms with van der Waals surface area (Å²) >= 11 is 0. The summed E-state index contributed by atoms with van der Waals surface area (Å²) < 4.78 is 6.79. The second-order valence-corrected chi connectivity index (χ2v) is 6.82. The van der Waals surface area contributed by atoms with Gasteiger partial charge in [-0.1, -0.05) is 12.1 Å². The van der Waals surface area contributed by atoms with Crippen molar-refractivity contribution in [3.63, 3.8) is 0 Å². The number of nitrogens with one attached hydrogen (secondary N) is 2. The molecule has 0 saturated heterocycles. The highest BCUT2D eigenvalue weighted by Gasteiger charge is 2.15. The lowest BCUT2D eigenvalue weighted by molar-refractivity contribution is -0.121. The highest BCUT2D eigenvalue weighted by molar-refractivity contribution is 5.76. The molecule has 1 heterocycles. The van der Waals surface area contributed by atoms with Crippen LogP contribution in [0.1, 0.15) is 39.2 Å². The van der Waals surface area contributed by atoms with Crippen molar-refractivity contribution in [3.05, 3.63) is 42.5 Å². The van der Waals surface area contributed by atoms with Gasteiger partial charge in [-0.3, -0.25) is 4.79 Å². The molecule has 0 aliphatic rings. The minimum Gasteiger partial charge on any atom is -0.444 e. The van der Waals surface area contributed by atoms with Gasteiger partial charge in [0.25, 0.3) is 0 Å². The lowest BCUT2D eigenvalue weighted by Gasteiger charge is -2.19. The summed E-state index contributed by atoms with van der Waals surface area (Å²) in [6.45, 7) is 6.26. The third-order valence-electron chi connectivity index (χ3n) is 3.36. The number of aromatic nitrogens is 3. The molecule has 0 saturated carbocycles. The lowest BCUT2D eigenvalue weighted by Crippen LogP contribution is -2.33. The number of carbonyl (C=O) groups is 2. The number of alkyl carbamates (subject to hydrolysis) is 1. The fourth-order valence-corrected chi connectivity index (χ4v) is 2.15. The normalized spacial score (nSPS) is 11.0. The van der Waals surface area contributed by atoms with E-state index >= 15 is 0 Å². The Balaban J connectivity index is 1.63. The molecular formula is C18H25N5O3. The predicted molar refractivity (Wildman–Crippen MR) is 96.7 cm³/mol. The zero-order valence-electron chi connectivity index (χ0n) is 15.4. The number of hydrogen-bond donors (Lipinski definition) is 2. The van der Waals surface area contributed by atoms with E-state index in [-0.39, 0.29) is 5.91 Å². The molecule has 0 aliphatic heterocycles. The van der Waals surface area contributed by atoms with Crippen molar-refractivity contribution in [2.24, 2.45) is 0 Å². The maximum atomic E-state index is 11.9. The molecule has 26 heavy (non-hydrogen) atoms. The van der Waals surface area contributed by atoms with Crippen LogP contribution >= 0.6 is 0 Å². The molecule has 2 N–H and O–H groups in total. The Morgan fingerprint density at radius 2 is 1.88 bits per heavy atom. The van der Waals surface area contributed by atoms with E-state index in [1.54, 1.807) is 31.8 Å². The maximum absolute atomic E-state index is 11.9. The van der Waals surface area contributed by atoms with Crippen LogP contribution in [-0.4, -0.2) is 38.9 Å². The molecule has 0 radical (unpaired) electrons. The quantitative estimate of drug-likeness (QED) is 0.739. The van der Waals surface area contributed by atoms with Gasteiger partial charge in [0.15, 0.2) is 0 Å². The van der Waals surface area contributed by atoms with Crippen LogP contribution in [0.25, 0.3) is 5.69 Å². The molecule has 0 bridgehead atoms. The van der Waals surface area contributed by atoms with E-state index < -0.39 is 11.7 Å². The Kier molecular flexibility index (Phi) is 6.71. The summed E-state index contributed by atoms with van der Waals surface area (Å²) in [6.07, 6.45) is 3.53. The molecule has 0 fully saturated rings. The van der Waals surface area contributed by atoms with Gasteiger partial charge in [-0.2, -0.15) is 5.10 Å². The molecule has 2 rings (SSSR count). The highest BCUT2D eigenvalue weighted by Crippen LogP contribution is 2.08. The Morgan fingerprint density at radius 1 is 1.15 bits per heavy atom. The molecule has 2 aromatic rings. The molecule has 2 amide bonds. The number of ether oxygens (including phenoxy) is 1. The Bertz CT molecular complexity index is 705. The van der Waals surface area contributed by atoms with Gasteiger partial charge in [0, 0.05) is 19.5 Å². The summed E-state index contributed by atoms with van der Waals surface area (Å²) in [4.78, 5) is 27.3. The summed E-state index contributed by atoms with van der Waals surface area (Å²) in [5, 5.41) is 9.56. The van der Waals surface area contributed by atoms with Crippen LogP contribution in [0.15, 0.2) is 36.9 Å². The van der Waals surface area contributed by atoms with Crippen LogP contribution in [0.2, 0.25) is 0 Å². The first-order valence-corrected chi connectivity index (χ1v) is 8.51. The molecule has 0 spiro atoms. The van der Waals surface area contributed by atoms with Crippen molar-refractivity contribution >= 4 is 12.0 Å². The zero-order chi connectivity index (χ0) is 19.0. The fraction of sp³-hybridized carbons (Fsp3) is 0.444. The van der Waals surface area contributed by atoms with Crippen molar-refractivity contribution in [1.29, 1.82) is 0 Å². The van der Waals surface area contributed by atoms with Crippen molar-refractivity contribution in [2.75, 3.05) is 6.54 Å². The zero-order valence-corrected chi connectivity index (χ0v) is 15.4. The molecular weight excluding hydrogens is 334 g/mol. The largest absolute Gasteiger partial charge is 0.444 e. The van der Waals surface area contributed by atoms with Gasteiger partial charge < -0.3 is 15.4 Å². The van der Waals surface area contributed by atoms with Crippen molar-refractivity contribution in [2.45, 2.75) is 45.8 Å². The number of hydrogen-bond acceptors (Lipinski definition) is 5. The Hall–Kier alpha value is -2.90. The third-order valence-corrected chi connectivity index (χ3v) is 3.36. The first-order chi connectivity index (χ1) is 12.3. The van der Waals surface area contributed by atoms with Gasteiger partial charge in [-0.05, 0) is 44.9 Å². The molecule has 0 unspecified atom stereocenters. The summed E-state index contributed by atoms with van der Waals surface area (Å²) in [5.74, 6) is -0.0589. The molecule has 0 aliphatic carbocycles. The average molecular weight is 359 g/mol. The minimum absolute atomic E-state index is 0.0589. The van der Waals surface area contributed by atoms with Crippen LogP contribution in [-0.2, 0) is 16.1 Å². The molecule has 8 nitrogen and oxygen atoms in total. The number of benzene rings is 1. The smallest absolute Gasteiger partial charge is 0.407 e. The van der Waals surface area contributed by atoms with E-state index in [9.17, 15) is 9.59 Å². The van der Waals surface area contributed by atoms with Gasteiger partial charge in [0.1, 0.15) is 18.3 Å². The van der Waals surface area contributed by atoms with Crippen molar-refractivity contribution in [1.82, 2.24) is 25.4 Å². The van der Waals surface area contributed by atoms with E-state index in [1.165, 1.54) is 6.33 Å². The van der Waals surface area contributed by atoms with Crippen molar-refractivity contribution < 1.29 is 14.3 Å². The SMILES string of the molecule is CC(C)(C)OC(=O)NCCCC(=O)NCc1ccc(-n2cncn2)cc1. The van der Waals surface area contributed by atoms with E-state index in [0.717, 1.165) is 11.3 Å². The second-order valence-electron chi connectivity index (χ2n) is 6.82. The predicted octanol–water partition coefficient (Wildman–Crippen LogP) is 2.19. The van der Waals surface area contributed by atoms with Crippen LogP contribution < -0.4 is 10.6 Å². The van der Waals surface area contributed by atoms with Crippen LogP contribution in [0.5, 0.6) is 0 Å². The topological polar surface area (TPSA) is 98.1 Å². The molecule has 1 aromatic carbocycles. The van der Waals surface area contributed by atoms with Gasteiger partial charge in [0.2, 0.25) is 5.91 Å². The maximum Gasteiger partial charge on any atom is 0.407 e. The fourth-order valence-electron chi connectivity index (χ4n) is 2.15. The molecule has 8 heteroatoms. The van der Waals surface area contributed by atoms with E-state index in [4.69, 9.17) is 4.74 Å². The summed E-state index contributed by atoms with van der Waals surface area (Å²) in [5.41, 5.74) is 1.38. The monoisotopic (exact) mass is 359 g/mol. The van der Waals surface area contributed by atoms with Gasteiger partial charge >= 0.3 is 6.09 Å². The average Bonchev–Trinajstić information content (AvgIpc) is 3.10. The summed E-state index contributed by atoms with van der Waals surface area (Å²) in [7, 11) is 0.